The van der Waals surface area contributed by atoms with Crippen molar-refractivity contribution < 1.29 is 4.48 Å². The Morgan fingerprint density at radius 1 is 0.909 bits per heavy atom. The van der Waals surface area contributed by atoms with Crippen molar-refractivity contribution in [2.75, 3.05) is 39.3 Å². The van der Waals surface area contributed by atoms with E-state index >= 15 is 0 Å². The molecule has 0 amide bonds. The Hall–Kier alpha value is -0.230. The molecule has 0 saturated carbocycles. The first-order chi connectivity index (χ1) is 5.41. The van der Waals surface area contributed by atoms with Gasteiger partial charge >= 0.3 is 0 Å². The molecule has 4 nitrogen and oxygen atoms in total. The number of rotatable bonds is 8. The summed E-state index contributed by atoms with van der Waals surface area (Å²) in [6.07, 6.45) is 0. The fourth-order valence-electron chi connectivity index (χ4n) is 0.664. The highest BCUT2D eigenvalue weighted by Crippen LogP contribution is 1.60. The van der Waals surface area contributed by atoms with Gasteiger partial charge in [-0.1, -0.05) is 0 Å². The van der Waals surface area contributed by atoms with Gasteiger partial charge in [0.1, 0.15) is 0 Å². The maximum Gasteiger partial charge on any atom is 0.0384 e. The van der Waals surface area contributed by atoms with E-state index in [1.54, 1.807) is 5.54 Å². The molecular weight excluding hydrogens is 147 g/mol. The van der Waals surface area contributed by atoms with Gasteiger partial charge in [0.2, 0.25) is 0 Å². The van der Waals surface area contributed by atoms with Gasteiger partial charge < -0.3 is 16.4 Å². The first kappa shape index (κ1) is 10.8. The first-order valence-electron chi connectivity index (χ1n) is 3.86. The molecule has 0 aliphatic rings. The van der Waals surface area contributed by atoms with Crippen molar-refractivity contribution in [3.05, 3.63) is 0 Å². The van der Waals surface area contributed by atoms with Crippen LogP contribution < -0.4 is 21.9 Å². The molecule has 0 aliphatic heterocycles. The average molecular weight is 164 g/mol. The fourth-order valence-corrected chi connectivity index (χ4v) is 0.664. The molecule has 0 unspecified atom stereocenters. The first-order valence-corrected chi connectivity index (χ1v) is 3.86. The average Bonchev–Trinajstić information content (AvgIpc) is 2.03. The molecule has 0 bridgehead atoms. The summed E-state index contributed by atoms with van der Waals surface area (Å²) in [4.78, 5) is 0. The minimum atomic E-state index is 0.358. The Labute approximate surface area is 66.7 Å². The monoisotopic (exact) mass is 164 g/mol. The van der Waals surface area contributed by atoms with Crippen LogP contribution in [0.2, 0.25) is 0 Å². The second-order valence-corrected chi connectivity index (χ2v) is 2.17. The van der Waals surface area contributed by atoms with Crippen molar-refractivity contribution in [3.8, 4) is 0 Å². The molecule has 0 aromatic heterocycles. The third kappa shape index (κ3) is 9.77. The zero-order chi connectivity index (χ0) is 8.36. The molecule has 0 heterocycles. The van der Waals surface area contributed by atoms with E-state index in [0.717, 1.165) is 19.6 Å². The largest absolute Gasteiger partial charge is 0.329 e. The molecule has 0 aliphatic carbocycles. The van der Waals surface area contributed by atoms with Gasteiger partial charge in [0.15, 0.2) is 0 Å². The van der Waals surface area contributed by atoms with Crippen LogP contribution in [-0.4, -0.2) is 39.3 Å². The molecule has 0 rings (SSSR count). The molecule has 0 spiro atoms. The van der Waals surface area contributed by atoms with Crippen LogP contribution in [0.1, 0.15) is 0 Å². The standard InChI is InChI=1S/C6H17FN4/c7-11-6-5-10-4-3-9-2-1-8/h9-11H,1-6,8H2. The fraction of sp³-hybridized carbons (Fsp3) is 1.00. The number of nitrogens with one attached hydrogen (secondary N) is 3. The van der Waals surface area contributed by atoms with E-state index in [0.29, 0.717) is 19.6 Å². The molecule has 5 N–H and O–H groups in total. The van der Waals surface area contributed by atoms with Crippen LogP contribution in [0.25, 0.3) is 0 Å². The lowest BCUT2D eigenvalue weighted by atomic mass is 10.5. The van der Waals surface area contributed by atoms with E-state index in [1.165, 1.54) is 0 Å². The summed E-state index contributed by atoms with van der Waals surface area (Å²) < 4.78 is 11.3. The van der Waals surface area contributed by atoms with E-state index in [9.17, 15) is 4.48 Å². The lowest BCUT2D eigenvalue weighted by Gasteiger charge is -2.03. The summed E-state index contributed by atoms with van der Waals surface area (Å²) in [5, 5.41) is 6.15. The highest BCUT2D eigenvalue weighted by molar-refractivity contribution is 4.52. The molecule has 0 radical (unpaired) electrons. The Morgan fingerprint density at radius 2 is 1.45 bits per heavy atom. The zero-order valence-corrected chi connectivity index (χ0v) is 6.70. The van der Waals surface area contributed by atoms with Crippen LogP contribution >= 0.6 is 0 Å². The third-order valence-electron chi connectivity index (χ3n) is 1.20. The Balaban J connectivity index is 2.69. The van der Waals surface area contributed by atoms with E-state index in [2.05, 4.69) is 10.6 Å². The quantitative estimate of drug-likeness (QED) is 0.263. The van der Waals surface area contributed by atoms with Crippen molar-refractivity contribution >= 4 is 0 Å². The number of nitrogens with two attached hydrogens (primary N) is 1. The predicted octanol–water partition coefficient (Wildman–Crippen LogP) is -1.40. The molecule has 0 aromatic carbocycles. The molecule has 11 heavy (non-hydrogen) atoms. The van der Waals surface area contributed by atoms with Crippen LogP contribution in [0.3, 0.4) is 0 Å². The van der Waals surface area contributed by atoms with Crippen molar-refractivity contribution in [2.45, 2.75) is 0 Å². The van der Waals surface area contributed by atoms with Gasteiger partial charge in [0.05, 0.1) is 0 Å². The second kappa shape index (κ2) is 9.77. The van der Waals surface area contributed by atoms with Gasteiger partial charge in [-0.05, 0) is 0 Å². The van der Waals surface area contributed by atoms with Crippen LogP contribution in [0.15, 0.2) is 0 Å². The number of hydrogen-bond acceptors (Lipinski definition) is 4. The smallest absolute Gasteiger partial charge is 0.0384 e. The molecule has 0 aromatic rings. The van der Waals surface area contributed by atoms with Gasteiger partial charge in [-0.3, -0.25) is 0 Å². The molecule has 5 heteroatoms. The zero-order valence-electron chi connectivity index (χ0n) is 6.70. The van der Waals surface area contributed by atoms with E-state index < -0.39 is 0 Å². The summed E-state index contributed by atoms with van der Waals surface area (Å²) in [5.41, 5.74) is 6.82. The maximum absolute atomic E-state index is 11.3. The molecule has 0 saturated heterocycles. The summed E-state index contributed by atoms with van der Waals surface area (Å²) in [6, 6.07) is 0. The molecule has 0 atom stereocenters. The van der Waals surface area contributed by atoms with Crippen molar-refractivity contribution in [1.82, 2.24) is 16.2 Å². The normalized spacial score (nSPS) is 10.4. The third-order valence-corrected chi connectivity index (χ3v) is 1.20. The Morgan fingerprint density at radius 3 is 2.00 bits per heavy atom. The van der Waals surface area contributed by atoms with Crippen LogP contribution in [0.5, 0.6) is 0 Å². The molecule has 0 fully saturated rings. The number of halogens is 1. The minimum Gasteiger partial charge on any atom is -0.329 e. The second-order valence-electron chi connectivity index (χ2n) is 2.17. The lowest BCUT2D eigenvalue weighted by Crippen LogP contribution is -2.33. The van der Waals surface area contributed by atoms with Crippen molar-refractivity contribution in [3.63, 3.8) is 0 Å². The molecular formula is C6H17FN4. The van der Waals surface area contributed by atoms with Crippen LogP contribution in [-0.2, 0) is 0 Å². The van der Waals surface area contributed by atoms with E-state index in [-0.39, 0.29) is 0 Å². The van der Waals surface area contributed by atoms with Gasteiger partial charge in [0.25, 0.3) is 0 Å². The summed E-state index contributed by atoms with van der Waals surface area (Å²) in [6.45, 7) is 4.23. The summed E-state index contributed by atoms with van der Waals surface area (Å²) in [7, 11) is 0. The maximum atomic E-state index is 11.3. The minimum absolute atomic E-state index is 0.358. The van der Waals surface area contributed by atoms with Crippen molar-refractivity contribution in [1.29, 1.82) is 0 Å². The number of hydrogen-bond donors (Lipinski definition) is 4. The Bertz CT molecular complexity index is 63.6. The molecule has 68 valence electrons. The van der Waals surface area contributed by atoms with Crippen LogP contribution in [0, 0.1) is 0 Å². The van der Waals surface area contributed by atoms with Crippen LogP contribution in [0.4, 0.5) is 4.48 Å². The van der Waals surface area contributed by atoms with Gasteiger partial charge in [-0.25, -0.2) is 0 Å². The van der Waals surface area contributed by atoms with E-state index in [1.807, 2.05) is 0 Å². The predicted molar refractivity (Wildman–Crippen MR) is 43.9 cm³/mol. The van der Waals surface area contributed by atoms with E-state index in [4.69, 9.17) is 5.73 Å². The lowest BCUT2D eigenvalue weighted by molar-refractivity contribution is 0.333. The van der Waals surface area contributed by atoms with Gasteiger partial charge in [-0.15, -0.1) is 4.48 Å². The summed E-state index contributed by atoms with van der Waals surface area (Å²) in [5.74, 6) is 0. The van der Waals surface area contributed by atoms with Crippen molar-refractivity contribution in [2.24, 2.45) is 5.73 Å². The summed E-state index contributed by atoms with van der Waals surface area (Å²) >= 11 is 0. The van der Waals surface area contributed by atoms with Gasteiger partial charge in [-0.2, -0.15) is 5.54 Å². The topological polar surface area (TPSA) is 62.1 Å². The Kier molecular flexibility index (Phi) is 9.57. The highest BCUT2D eigenvalue weighted by Gasteiger charge is 1.85. The SMILES string of the molecule is NCCNCCNCCNF. The highest BCUT2D eigenvalue weighted by atomic mass is 19.2. The van der Waals surface area contributed by atoms with Gasteiger partial charge in [0, 0.05) is 39.3 Å².